The minimum absolute atomic E-state index is 0.124. The smallest absolute Gasteiger partial charge is 0.338 e. The molecule has 1 N–H and O–H groups in total. The van der Waals surface area contributed by atoms with Gasteiger partial charge in [0.15, 0.2) is 11.8 Å². The van der Waals surface area contributed by atoms with Gasteiger partial charge in [0.2, 0.25) is 0 Å². The Morgan fingerprint density at radius 3 is 2.77 bits per heavy atom. The number of nitrogens with zero attached hydrogens (tertiary/aromatic N) is 1. The number of rotatable bonds is 1. The summed E-state index contributed by atoms with van der Waals surface area (Å²) in [6.07, 6.45) is 0.141. The second kappa shape index (κ2) is 3.43. The third kappa shape index (κ3) is 1.57. The summed E-state index contributed by atoms with van der Waals surface area (Å²) >= 11 is 5.75. The Labute approximate surface area is 80.3 Å². The maximum Gasteiger partial charge on any atom is 0.428 e. The fourth-order valence-corrected chi connectivity index (χ4v) is 1.43. The maximum absolute atomic E-state index is 11.3. The third-order valence-corrected chi connectivity index (χ3v) is 2.43. The third-order valence-electron chi connectivity index (χ3n) is 1.92. The average molecular weight is 206 g/mol. The SMILES string of the molecule is CCC(=O)[N+]1(Cl)CCNC(=O)C1=O. The Morgan fingerprint density at radius 2 is 2.23 bits per heavy atom. The first kappa shape index (κ1) is 10.1. The lowest BCUT2D eigenvalue weighted by atomic mass is 10.3. The fourth-order valence-electron chi connectivity index (χ4n) is 1.15. The molecular weight excluding hydrogens is 196 g/mol. The van der Waals surface area contributed by atoms with Crippen molar-refractivity contribution in [2.24, 2.45) is 0 Å². The lowest BCUT2D eigenvalue weighted by molar-refractivity contribution is -0.654. The highest BCUT2D eigenvalue weighted by atomic mass is 35.5. The fraction of sp³-hybridized carbons (Fsp3) is 0.571. The van der Waals surface area contributed by atoms with Crippen molar-refractivity contribution in [3.63, 3.8) is 0 Å². The number of nitrogens with one attached hydrogen (secondary N) is 1. The molecule has 1 aliphatic rings. The van der Waals surface area contributed by atoms with Crippen LogP contribution in [-0.4, -0.2) is 34.8 Å². The molecule has 5 nitrogen and oxygen atoms in total. The molecule has 1 unspecified atom stereocenters. The van der Waals surface area contributed by atoms with Crippen LogP contribution in [0.25, 0.3) is 0 Å². The molecule has 0 bridgehead atoms. The lowest BCUT2D eigenvalue weighted by Crippen LogP contribution is -2.62. The topological polar surface area (TPSA) is 63.2 Å². The first-order valence-electron chi connectivity index (χ1n) is 3.96. The van der Waals surface area contributed by atoms with Crippen LogP contribution in [0.2, 0.25) is 0 Å². The molecule has 0 aliphatic carbocycles. The van der Waals surface area contributed by atoms with Gasteiger partial charge in [-0.25, -0.2) is 9.59 Å². The highest BCUT2D eigenvalue weighted by molar-refractivity contribution is 6.39. The molecule has 0 aromatic rings. The average Bonchev–Trinajstić information content (AvgIpc) is 2.13. The second-order valence-electron chi connectivity index (χ2n) is 2.75. The molecule has 0 aromatic heterocycles. The summed E-state index contributed by atoms with van der Waals surface area (Å²) in [6, 6.07) is 0. The Kier molecular flexibility index (Phi) is 2.68. The van der Waals surface area contributed by atoms with E-state index >= 15 is 0 Å². The summed E-state index contributed by atoms with van der Waals surface area (Å²) in [5, 5.41) is 2.33. The summed E-state index contributed by atoms with van der Waals surface area (Å²) in [7, 11) is 0. The number of imide groups is 1. The number of halogens is 1. The van der Waals surface area contributed by atoms with Crippen LogP contribution < -0.4 is 5.32 Å². The van der Waals surface area contributed by atoms with E-state index < -0.39 is 21.7 Å². The number of quaternary nitrogens is 1. The molecule has 0 saturated carbocycles. The number of carbonyl (C=O) groups is 3. The minimum atomic E-state index is -0.914. The molecule has 0 aromatic carbocycles. The monoisotopic (exact) mass is 205 g/mol. The molecule has 6 heteroatoms. The Morgan fingerprint density at radius 1 is 1.62 bits per heavy atom. The van der Waals surface area contributed by atoms with Crippen molar-refractivity contribution in [2.75, 3.05) is 13.1 Å². The van der Waals surface area contributed by atoms with E-state index in [9.17, 15) is 14.4 Å². The predicted octanol–water partition coefficient (Wildman–Crippen LogP) is -0.450. The zero-order valence-electron chi connectivity index (χ0n) is 7.17. The molecule has 1 aliphatic heterocycles. The van der Waals surface area contributed by atoms with Gasteiger partial charge in [0, 0.05) is 0 Å². The van der Waals surface area contributed by atoms with Crippen molar-refractivity contribution >= 4 is 29.5 Å². The van der Waals surface area contributed by atoms with E-state index in [0.717, 1.165) is 0 Å². The van der Waals surface area contributed by atoms with Crippen molar-refractivity contribution in [2.45, 2.75) is 13.3 Å². The number of hydrogen-bond acceptors (Lipinski definition) is 3. The van der Waals surface area contributed by atoms with Crippen LogP contribution in [0.1, 0.15) is 13.3 Å². The van der Waals surface area contributed by atoms with Crippen molar-refractivity contribution in [1.29, 1.82) is 0 Å². The van der Waals surface area contributed by atoms with E-state index in [-0.39, 0.29) is 19.5 Å². The Bertz CT molecular complexity index is 279. The van der Waals surface area contributed by atoms with Crippen molar-refractivity contribution < 1.29 is 18.4 Å². The number of piperazine rings is 1. The van der Waals surface area contributed by atoms with Gasteiger partial charge in [-0.1, -0.05) is 10.9 Å². The van der Waals surface area contributed by atoms with Crippen LogP contribution in [0.15, 0.2) is 0 Å². The van der Waals surface area contributed by atoms with E-state index in [0.29, 0.717) is 0 Å². The number of hydrogen-bond donors (Lipinski definition) is 1. The van der Waals surface area contributed by atoms with Crippen LogP contribution in [0.4, 0.5) is 0 Å². The normalized spacial score (nSPS) is 28.5. The number of amides is 3. The van der Waals surface area contributed by atoms with Crippen molar-refractivity contribution in [1.82, 2.24) is 5.32 Å². The predicted molar refractivity (Wildman–Crippen MR) is 44.3 cm³/mol. The molecule has 72 valence electrons. The highest BCUT2D eigenvalue weighted by Gasteiger charge is 2.49. The second-order valence-corrected chi connectivity index (χ2v) is 3.33. The quantitative estimate of drug-likeness (QED) is 0.466. The van der Waals surface area contributed by atoms with Crippen LogP contribution in [0.5, 0.6) is 0 Å². The number of carbonyl (C=O) groups excluding carboxylic acids is 3. The molecule has 0 radical (unpaired) electrons. The molecule has 0 spiro atoms. The molecule has 1 atom stereocenters. The molecule has 1 saturated heterocycles. The Hall–Kier alpha value is -0.940. The van der Waals surface area contributed by atoms with Crippen LogP contribution >= 0.6 is 11.8 Å². The van der Waals surface area contributed by atoms with Gasteiger partial charge >= 0.3 is 17.7 Å². The van der Waals surface area contributed by atoms with E-state index in [2.05, 4.69) is 5.32 Å². The van der Waals surface area contributed by atoms with Gasteiger partial charge in [-0.3, -0.25) is 4.79 Å². The van der Waals surface area contributed by atoms with Gasteiger partial charge in [-0.2, -0.15) is 0 Å². The zero-order valence-corrected chi connectivity index (χ0v) is 7.93. The van der Waals surface area contributed by atoms with E-state index in [1.54, 1.807) is 6.92 Å². The first-order chi connectivity index (χ1) is 6.02. The van der Waals surface area contributed by atoms with Gasteiger partial charge in [-0.15, -0.1) is 0 Å². The summed E-state index contributed by atoms with van der Waals surface area (Å²) in [5.74, 6) is -2.12. The van der Waals surface area contributed by atoms with Gasteiger partial charge in [0.05, 0.1) is 13.0 Å². The largest absolute Gasteiger partial charge is 0.428 e. The van der Waals surface area contributed by atoms with Gasteiger partial charge in [0.1, 0.15) is 6.54 Å². The highest BCUT2D eigenvalue weighted by Crippen LogP contribution is 2.17. The van der Waals surface area contributed by atoms with Crippen LogP contribution in [0, 0.1) is 0 Å². The van der Waals surface area contributed by atoms with E-state index in [4.69, 9.17) is 11.8 Å². The van der Waals surface area contributed by atoms with Gasteiger partial charge in [-0.05, 0) is 0 Å². The maximum atomic E-state index is 11.3. The Balaban J connectivity index is 2.94. The molecule has 13 heavy (non-hydrogen) atoms. The van der Waals surface area contributed by atoms with Crippen molar-refractivity contribution in [3.05, 3.63) is 0 Å². The van der Waals surface area contributed by atoms with Crippen LogP contribution in [0.3, 0.4) is 0 Å². The van der Waals surface area contributed by atoms with Gasteiger partial charge < -0.3 is 5.32 Å². The first-order valence-corrected chi connectivity index (χ1v) is 4.30. The van der Waals surface area contributed by atoms with E-state index in [1.807, 2.05) is 0 Å². The summed E-state index contributed by atoms with van der Waals surface area (Å²) < 4.78 is -0.914. The van der Waals surface area contributed by atoms with Gasteiger partial charge in [0.25, 0.3) is 0 Å². The molecular formula is C7H10ClN2O3+. The van der Waals surface area contributed by atoms with E-state index in [1.165, 1.54) is 0 Å². The van der Waals surface area contributed by atoms with Crippen molar-refractivity contribution in [3.8, 4) is 0 Å². The minimum Gasteiger partial charge on any atom is -0.338 e. The van der Waals surface area contributed by atoms with Crippen LogP contribution in [-0.2, 0) is 14.4 Å². The standard InChI is InChI=1S/C7H9ClN2O3/c1-2-5(11)10(8)4-3-9-6(12)7(10)13/h2-4H2,1H3/p+1. The lowest BCUT2D eigenvalue weighted by Gasteiger charge is -2.26. The molecule has 3 amide bonds. The molecule has 1 rings (SSSR count). The summed E-state index contributed by atoms with van der Waals surface area (Å²) in [6.45, 7) is 1.98. The zero-order chi connectivity index (χ0) is 10.1. The molecule has 1 fully saturated rings. The summed E-state index contributed by atoms with van der Waals surface area (Å²) in [4.78, 5) is 33.5. The summed E-state index contributed by atoms with van der Waals surface area (Å²) in [5.41, 5.74) is 0. The molecule has 1 heterocycles.